The number of hydrogen-bond acceptors (Lipinski definition) is 3. The van der Waals surface area contributed by atoms with Crippen molar-refractivity contribution in [1.29, 1.82) is 0 Å². The molecular formula is C12H25NOS. The fourth-order valence-corrected chi connectivity index (χ4v) is 2.76. The molecule has 0 bridgehead atoms. The number of thioether (sulfide) groups is 1. The summed E-state index contributed by atoms with van der Waals surface area (Å²) in [4.78, 5) is 0. The van der Waals surface area contributed by atoms with Crippen LogP contribution in [0.2, 0.25) is 0 Å². The average molecular weight is 231 g/mol. The van der Waals surface area contributed by atoms with E-state index in [0.717, 1.165) is 19.1 Å². The Morgan fingerprint density at radius 1 is 1.33 bits per heavy atom. The largest absolute Gasteiger partial charge is 0.377 e. The molecule has 2 nitrogen and oxygen atoms in total. The van der Waals surface area contributed by atoms with Crippen molar-refractivity contribution in [2.45, 2.75) is 45.8 Å². The lowest BCUT2D eigenvalue weighted by molar-refractivity contribution is 0.108. The topological polar surface area (TPSA) is 21.3 Å². The van der Waals surface area contributed by atoms with Gasteiger partial charge in [0.25, 0.3) is 0 Å². The lowest BCUT2D eigenvalue weighted by Gasteiger charge is -2.17. The molecule has 1 aliphatic heterocycles. The van der Waals surface area contributed by atoms with Crippen LogP contribution >= 0.6 is 11.8 Å². The molecule has 1 aliphatic rings. The van der Waals surface area contributed by atoms with Crippen LogP contribution in [0, 0.1) is 5.92 Å². The third-order valence-corrected chi connectivity index (χ3v) is 4.18. The molecule has 0 aromatic carbocycles. The summed E-state index contributed by atoms with van der Waals surface area (Å²) in [5.74, 6) is 3.29. The van der Waals surface area contributed by atoms with Crippen molar-refractivity contribution < 1.29 is 4.74 Å². The van der Waals surface area contributed by atoms with E-state index in [1.165, 1.54) is 24.3 Å². The molecule has 1 N–H and O–H groups in total. The van der Waals surface area contributed by atoms with E-state index < -0.39 is 0 Å². The first-order valence-corrected chi connectivity index (χ1v) is 7.26. The SMILES string of the molecule is CC(C)CSCC(C)NCC1CCCO1. The van der Waals surface area contributed by atoms with Gasteiger partial charge in [0.2, 0.25) is 0 Å². The van der Waals surface area contributed by atoms with E-state index in [0.29, 0.717) is 12.1 Å². The molecule has 2 unspecified atom stereocenters. The molecule has 0 aromatic rings. The minimum Gasteiger partial charge on any atom is -0.377 e. The van der Waals surface area contributed by atoms with Crippen LogP contribution < -0.4 is 5.32 Å². The first kappa shape index (κ1) is 13.3. The van der Waals surface area contributed by atoms with Gasteiger partial charge in [-0.1, -0.05) is 13.8 Å². The first-order valence-electron chi connectivity index (χ1n) is 6.11. The molecule has 0 spiro atoms. The van der Waals surface area contributed by atoms with Crippen molar-refractivity contribution in [1.82, 2.24) is 5.32 Å². The fourth-order valence-electron chi connectivity index (χ4n) is 1.68. The summed E-state index contributed by atoms with van der Waals surface area (Å²) in [5.41, 5.74) is 0. The Balaban J connectivity index is 1.95. The number of rotatable bonds is 7. The maximum absolute atomic E-state index is 5.58. The van der Waals surface area contributed by atoms with Gasteiger partial charge in [-0.2, -0.15) is 11.8 Å². The summed E-state index contributed by atoms with van der Waals surface area (Å²) >= 11 is 2.05. The average Bonchev–Trinajstić information content (AvgIpc) is 2.66. The van der Waals surface area contributed by atoms with Crippen molar-refractivity contribution in [2.24, 2.45) is 5.92 Å². The lowest BCUT2D eigenvalue weighted by Crippen LogP contribution is -2.35. The van der Waals surface area contributed by atoms with Crippen molar-refractivity contribution in [3.05, 3.63) is 0 Å². The molecule has 2 atom stereocenters. The van der Waals surface area contributed by atoms with Gasteiger partial charge in [0.15, 0.2) is 0 Å². The molecule has 1 fully saturated rings. The smallest absolute Gasteiger partial charge is 0.0700 e. The molecule has 1 saturated heterocycles. The molecule has 0 aromatic heterocycles. The van der Waals surface area contributed by atoms with E-state index in [1.54, 1.807) is 0 Å². The second kappa shape index (κ2) is 7.53. The van der Waals surface area contributed by atoms with Crippen molar-refractivity contribution in [3.8, 4) is 0 Å². The van der Waals surface area contributed by atoms with Crippen molar-refractivity contribution in [3.63, 3.8) is 0 Å². The first-order chi connectivity index (χ1) is 7.18. The van der Waals surface area contributed by atoms with E-state index in [-0.39, 0.29) is 0 Å². The summed E-state index contributed by atoms with van der Waals surface area (Å²) in [6, 6.07) is 0.609. The van der Waals surface area contributed by atoms with Gasteiger partial charge in [0.05, 0.1) is 6.10 Å². The number of nitrogens with one attached hydrogen (secondary N) is 1. The Morgan fingerprint density at radius 3 is 2.73 bits per heavy atom. The van der Waals surface area contributed by atoms with E-state index in [2.05, 4.69) is 26.1 Å². The summed E-state index contributed by atoms with van der Waals surface area (Å²) < 4.78 is 5.58. The molecule has 15 heavy (non-hydrogen) atoms. The van der Waals surface area contributed by atoms with Crippen LogP contribution in [0.1, 0.15) is 33.6 Å². The molecule has 3 heteroatoms. The summed E-state index contributed by atoms with van der Waals surface area (Å²) in [7, 11) is 0. The van der Waals surface area contributed by atoms with Gasteiger partial charge in [-0.3, -0.25) is 0 Å². The molecule has 0 aliphatic carbocycles. The van der Waals surface area contributed by atoms with Crippen molar-refractivity contribution >= 4 is 11.8 Å². The molecule has 1 heterocycles. The zero-order chi connectivity index (χ0) is 11.1. The van der Waals surface area contributed by atoms with Gasteiger partial charge in [-0.15, -0.1) is 0 Å². The van der Waals surface area contributed by atoms with Crippen LogP contribution in [0.15, 0.2) is 0 Å². The summed E-state index contributed by atoms with van der Waals surface area (Å²) in [6.07, 6.45) is 2.95. The third kappa shape index (κ3) is 6.44. The number of ether oxygens (including phenoxy) is 1. The van der Waals surface area contributed by atoms with Gasteiger partial charge < -0.3 is 10.1 Å². The Hall–Kier alpha value is 0.270. The second-order valence-electron chi connectivity index (χ2n) is 4.88. The molecule has 0 amide bonds. The monoisotopic (exact) mass is 231 g/mol. The lowest BCUT2D eigenvalue weighted by atomic mass is 10.2. The van der Waals surface area contributed by atoms with Gasteiger partial charge in [0.1, 0.15) is 0 Å². The van der Waals surface area contributed by atoms with E-state index >= 15 is 0 Å². The van der Waals surface area contributed by atoms with Crippen LogP contribution in [-0.2, 0) is 4.74 Å². The Morgan fingerprint density at radius 2 is 2.13 bits per heavy atom. The van der Waals surface area contributed by atoms with Crippen LogP contribution in [0.3, 0.4) is 0 Å². The fraction of sp³-hybridized carbons (Fsp3) is 1.00. The maximum atomic E-state index is 5.58. The third-order valence-electron chi connectivity index (χ3n) is 2.54. The van der Waals surface area contributed by atoms with Crippen LogP contribution in [0.25, 0.3) is 0 Å². The molecule has 0 radical (unpaired) electrons. The molecule has 1 rings (SSSR count). The van der Waals surface area contributed by atoms with E-state index in [9.17, 15) is 0 Å². The quantitative estimate of drug-likeness (QED) is 0.727. The van der Waals surface area contributed by atoms with Crippen LogP contribution in [0.4, 0.5) is 0 Å². The zero-order valence-corrected chi connectivity index (χ0v) is 11.1. The van der Waals surface area contributed by atoms with Gasteiger partial charge in [0, 0.05) is 24.9 Å². The van der Waals surface area contributed by atoms with Crippen LogP contribution in [0.5, 0.6) is 0 Å². The predicted molar refractivity (Wildman–Crippen MR) is 68.6 cm³/mol. The van der Waals surface area contributed by atoms with Gasteiger partial charge >= 0.3 is 0 Å². The Kier molecular flexibility index (Phi) is 6.69. The standard InChI is InChI=1S/C12H25NOS/c1-10(2)8-15-9-11(3)13-7-12-5-4-6-14-12/h10-13H,4-9H2,1-3H3. The molecular weight excluding hydrogens is 206 g/mol. The normalized spacial score (nSPS) is 23.6. The summed E-state index contributed by atoms with van der Waals surface area (Å²) in [6.45, 7) is 8.81. The minimum absolute atomic E-state index is 0.475. The van der Waals surface area contributed by atoms with Gasteiger partial charge in [-0.05, 0) is 31.4 Å². The highest BCUT2D eigenvalue weighted by Crippen LogP contribution is 2.12. The Bertz CT molecular complexity index is 158. The predicted octanol–water partition coefficient (Wildman–Crippen LogP) is 2.53. The van der Waals surface area contributed by atoms with Crippen LogP contribution in [-0.4, -0.2) is 36.8 Å². The highest BCUT2D eigenvalue weighted by Gasteiger charge is 2.15. The van der Waals surface area contributed by atoms with Crippen molar-refractivity contribution in [2.75, 3.05) is 24.7 Å². The van der Waals surface area contributed by atoms with E-state index in [1.807, 2.05) is 11.8 Å². The maximum Gasteiger partial charge on any atom is 0.0700 e. The minimum atomic E-state index is 0.475. The summed E-state index contributed by atoms with van der Waals surface area (Å²) in [5, 5.41) is 3.55. The number of hydrogen-bond donors (Lipinski definition) is 1. The second-order valence-corrected chi connectivity index (χ2v) is 5.95. The highest BCUT2D eigenvalue weighted by molar-refractivity contribution is 7.99. The molecule has 0 saturated carbocycles. The zero-order valence-electron chi connectivity index (χ0n) is 10.3. The highest BCUT2D eigenvalue weighted by atomic mass is 32.2. The Labute approximate surface area is 98.5 Å². The molecule has 90 valence electrons. The van der Waals surface area contributed by atoms with Gasteiger partial charge in [-0.25, -0.2) is 0 Å². The van der Waals surface area contributed by atoms with E-state index in [4.69, 9.17) is 4.74 Å².